The van der Waals surface area contributed by atoms with Crippen LogP contribution in [0.5, 0.6) is 0 Å². The third-order valence-electron chi connectivity index (χ3n) is 3.97. The van der Waals surface area contributed by atoms with Crippen LogP contribution in [0.25, 0.3) is 0 Å². The summed E-state index contributed by atoms with van der Waals surface area (Å²) in [5, 5.41) is 0. The molecule has 3 heteroatoms. The predicted molar refractivity (Wildman–Crippen MR) is 82.6 cm³/mol. The van der Waals surface area contributed by atoms with Crippen molar-refractivity contribution in [3.63, 3.8) is 0 Å². The van der Waals surface area contributed by atoms with E-state index in [1.54, 1.807) is 0 Å². The van der Waals surface area contributed by atoms with E-state index in [-0.39, 0.29) is 0 Å². The number of hydrogen-bond donors (Lipinski definition) is 1. The van der Waals surface area contributed by atoms with Crippen molar-refractivity contribution in [2.45, 2.75) is 32.4 Å². The Bertz CT molecular complexity index is 580. The molecular formula is C17H21N3. The Balaban J connectivity index is 1.94. The van der Waals surface area contributed by atoms with E-state index in [9.17, 15) is 0 Å². The summed E-state index contributed by atoms with van der Waals surface area (Å²) in [5.41, 5.74) is 9.36. The van der Waals surface area contributed by atoms with Crippen molar-refractivity contribution in [1.82, 2.24) is 4.98 Å². The Labute approximate surface area is 120 Å². The highest BCUT2D eigenvalue weighted by Gasteiger charge is 2.27. The maximum atomic E-state index is 5.79. The van der Waals surface area contributed by atoms with Crippen LogP contribution >= 0.6 is 0 Å². The van der Waals surface area contributed by atoms with E-state index in [2.05, 4.69) is 47.4 Å². The molecule has 20 heavy (non-hydrogen) atoms. The molecule has 3 rings (SSSR count). The van der Waals surface area contributed by atoms with Gasteiger partial charge in [-0.1, -0.05) is 30.3 Å². The molecule has 104 valence electrons. The Morgan fingerprint density at radius 2 is 2.05 bits per heavy atom. The molecule has 1 aliphatic rings. The van der Waals surface area contributed by atoms with Crippen LogP contribution < -0.4 is 10.6 Å². The number of anilines is 1. The Morgan fingerprint density at radius 1 is 1.25 bits per heavy atom. The maximum Gasteiger partial charge on any atom is 0.129 e. The van der Waals surface area contributed by atoms with Crippen molar-refractivity contribution >= 4 is 5.82 Å². The molecule has 0 bridgehead atoms. The van der Waals surface area contributed by atoms with E-state index in [1.807, 2.05) is 6.92 Å². The SMILES string of the molecule is Cc1cc(CN)cc(N2CCCC2c2ccccc2)n1. The van der Waals surface area contributed by atoms with Crippen molar-refractivity contribution in [3.8, 4) is 0 Å². The first-order valence-electron chi connectivity index (χ1n) is 7.27. The zero-order valence-electron chi connectivity index (χ0n) is 11.9. The summed E-state index contributed by atoms with van der Waals surface area (Å²) in [4.78, 5) is 7.13. The van der Waals surface area contributed by atoms with Crippen LogP contribution in [0, 0.1) is 6.92 Å². The summed E-state index contributed by atoms with van der Waals surface area (Å²) in [7, 11) is 0. The normalized spacial score (nSPS) is 18.5. The molecule has 1 aromatic heterocycles. The van der Waals surface area contributed by atoms with Gasteiger partial charge in [0.2, 0.25) is 0 Å². The molecule has 2 aromatic rings. The fraction of sp³-hybridized carbons (Fsp3) is 0.353. The van der Waals surface area contributed by atoms with Gasteiger partial charge in [0.25, 0.3) is 0 Å². The van der Waals surface area contributed by atoms with Gasteiger partial charge in [0.15, 0.2) is 0 Å². The molecule has 1 fully saturated rings. The van der Waals surface area contributed by atoms with Crippen molar-refractivity contribution in [3.05, 3.63) is 59.3 Å². The summed E-state index contributed by atoms with van der Waals surface area (Å²) >= 11 is 0. The highest BCUT2D eigenvalue weighted by Crippen LogP contribution is 2.35. The lowest BCUT2D eigenvalue weighted by atomic mass is 10.0. The number of aryl methyl sites for hydroxylation is 1. The number of hydrogen-bond acceptors (Lipinski definition) is 3. The standard InChI is InChI=1S/C17H21N3/c1-13-10-14(12-18)11-17(19-13)20-9-5-8-16(20)15-6-3-2-4-7-15/h2-4,6-7,10-11,16H,5,8-9,12,18H2,1H3. The monoisotopic (exact) mass is 267 g/mol. The van der Waals surface area contributed by atoms with Crippen LogP contribution in [0.1, 0.15) is 35.7 Å². The van der Waals surface area contributed by atoms with Crippen LogP contribution in [0.15, 0.2) is 42.5 Å². The Morgan fingerprint density at radius 3 is 2.80 bits per heavy atom. The summed E-state index contributed by atoms with van der Waals surface area (Å²) in [6, 6.07) is 15.4. The first-order valence-corrected chi connectivity index (χ1v) is 7.27. The topological polar surface area (TPSA) is 42.1 Å². The van der Waals surface area contributed by atoms with E-state index in [1.165, 1.54) is 18.4 Å². The van der Waals surface area contributed by atoms with Crippen molar-refractivity contribution in [2.75, 3.05) is 11.4 Å². The van der Waals surface area contributed by atoms with Crippen molar-refractivity contribution < 1.29 is 0 Å². The van der Waals surface area contributed by atoms with Gasteiger partial charge in [-0.3, -0.25) is 0 Å². The maximum absolute atomic E-state index is 5.79. The van der Waals surface area contributed by atoms with Crippen LogP contribution in [0.3, 0.4) is 0 Å². The number of nitrogens with zero attached hydrogens (tertiary/aromatic N) is 2. The van der Waals surface area contributed by atoms with Crippen LogP contribution in [0.2, 0.25) is 0 Å². The van der Waals surface area contributed by atoms with Gasteiger partial charge in [-0.15, -0.1) is 0 Å². The Hall–Kier alpha value is -1.87. The second-order valence-corrected chi connectivity index (χ2v) is 5.44. The average molecular weight is 267 g/mol. The van der Waals surface area contributed by atoms with Gasteiger partial charge in [-0.2, -0.15) is 0 Å². The fourth-order valence-electron chi connectivity index (χ4n) is 3.05. The van der Waals surface area contributed by atoms with Crippen LogP contribution in [-0.4, -0.2) is 11.5 Å². The molecular weight excluding hydrogens is 246 g/mol. The van der Waals surface area contributed by atoms with Crippen LogP contribution in [-0.2, 0) is 6.54 Å². The highest BCUT2D eigenvalue weighted by atomic mass is 15.2. The summed E-state index contributed by atoms with van der Waals surface area (Å²) in [6.45, 7) is 3.68. The van der Waals surface area contributed by atoms with E-state index < -0.39 is 0 Å². The quantitative estimate of drug-likeness (QED) is 0.928. The van der Waals surface area contributed by atoms with E-state index in [0.29, 0.717) is 12.6 Å². The minimum atomic E-state index is 0.441. The molecule has 0 radical (unpaired) electrons. The average Bonchev–Trinajstić information content (AvgIpc) is 2.97. The molecule has 1 aromatic carbocycles. The molecule has 2 N–H and O–H groups in total. The zero-order valence-corrected chi connectivity index (χ0v) is 11.9. The molecule has 1 aliphatic heterocycles. The second kappa shape index (κ2) is 5.63. The zero-order chi connectivity index (χ0) is 13.9. The van der Waals surface area contributed by atoms with Gasteiger partial charge in [0.05, 0.1) is 6.04 Å². The molecule has 1 saturated heterocycles. The highest BCUT2D eigenvalue weighted by molar-refractivity contribution is 5.47. The molecule has 0 aliphatic carbocycles. The number of rotatable bonds is 3. The lowest BCUT2D eigenvalue weighted by Crippen LogP contribution is -2.24. The predicted octanol–water partition coefficient (Wildman–Crippen LogP) is 3.19. The number of benzene rings is 1. The van der Waals surface area contributed by atoms with Crippen molar-refractivity contribution in [1.29, 1.82) is 0 Å². The molecule has 0 spiro atoms. The summed E-state index contributed by atoms with van der Waals surface area (Å²) < 4.78 is 0. The van der Waals surface area contributed by atoms with E-state index >= 15 is 0 Å². The van der Waals surface area contributed by atoms with Gasteiger partial charge in [0.1, 0.15) is 5.82 Å². The third kappa shape index (κ3) is 2.54. The summed E-state index contributed by atoms with van der Waals surface area (Å²) in [5.74, 6) is 1.07. The van der Waals surface area contributed by atoms with Gasteiger partial charge < -0.3 is 10.6 Å². The van der Waals surface area contributed by atoms with Gasteiger partial charge in [0, 0.05) is 18.8 Å². The summed E-state index contributed by atoms with van der Waals surface area (Å²) in [6.07, 6.45) is 2.41. The lowest BCUT2D eigenvalue weighted by molar-refractivity contribution is 0.710. The fourth-order valence-corrected chi connectivity index (χ4v) is 3.05. The molecule has 1 atom stereocenters. The number of pyridine rings is 1. The van der Waals surface area contributed by atoms with Gasteiger partial charge in [-0.05, 0) is 43.0 Å². The van der Waals surface area contributed by atoms with E-state index in [4.69, 9.17) is 10.7 Å². The third-order valence-corrected chi connectivity index (χ3v) is 3.97. The van der Waals surface area contributed by atoms with Gasteiger partial charge >= 0.3 is 0 Å². The number of aromatic nitrogens is 1. The minimum absolute atomic E-state index is 0.441. The van der Waals surface area contributed by atoms with E-state index in [0.717, 1.165) is 23.6 Å². The second-order valence-electron chi connectivity index (χ2n) is 5.44. The first kappa shape index (κ1) is 13.1. The van der Waals surface area contributed by atoms with Crippen LogP contribution in [0.4, 0.5) is 5.82 Å². The largest absolute Gasteiger partial charge is 0.350 e. The van der Waals surface area contributed by atoms with Crippen molar-refractivity contribution in [2.24, 2.45) is 5.73 Å². The first-order chi connectivity index (χ1) is 9.78. The lowest BCUT2D eigenvalue weighted by Gasteiger charge is -2.27. The smallest absolute Gasteiger partial charge is 0.129 e. The Kier molecular flexibility index (Phi) is 3.70. The molecule has 0 saturated carbocycles. The molecule has 1 unspecified atom stereocenters. The number of nitrogens with two attached hydrogens (primary N) is 1. The molecule has 2 heterocycles. The molecule has 3 nitrogen and oxygen atoms in total. The minimum Gasteiger partial charge on any atom is -0.350 e. The molecule has 0 amide bonds. The van der Waals surface area contributed by atoms with Gasteiger partial charge in [-0.25, -0.2) is 4.98 Å².